The van der Waals surface area contributed by atoms with Crippen LogP contribution in [-0.2, 0) is 4.74 Å². The molecule has 1 aliphatic heterocycles. The number of benzene rings is 1. The lowest BCUT2D eigenvalue weighted by Crippen LogP contribution is -2.34. The van der Waals surface area contributed by atoms with Crippen LogP contribution in [0.15, 0.2) is 12.1 Å². The number of ether oxygens (including phenoxy) is 2. The van der Waals surface area contributed by atoms with E-state index in [1.807, 2.05) is 0 Å². The second kappa shape index (κ2) is 4.85. The van der Waals surface area contributed by atoms with Gasteiger partial charge in [-0.25, -0.2) is 0 Å². The normalized spacial score (nSPS) is 20.8. The Balaban J connectivity index is 2.28. The lowest BCUT2D eigenvalue weighted by Gasteiger charge is -2.25. The molecule has 1 atom stereocenters. The fourth-order valence-corrected chi connectivity index (χ4v) is 2.29. The van der Waals surface area contributed by atoms with E-state index in [1.165, 1.54) is 16.7 Å². The van der Waals surface area contributed by atoms with Crippen LogP contribution in [-0.4, -0.2) is 26.9 Å². The van der Waals surface area contributed by atoms with Crippen molar-refractivity contribution in [2.24, 2.45) is 0 Å². The van der Waals surface area contributed by atoms with Gasteiger partial charge in [0, 0.05) is 6.54 Å². The summed E-state index contributed by atoms with van der Waals surface area (Å²) in [4.78, 5) is 0. The van der Waals surface area contributed by atoms with E-state index in [0.717, 1.165) is 25.5 Å². The minimum Gasteiger partial charge on any atom is -0.496 e. The Hall–Kier alpha value is -1.06. The summed E-state index contributed by atoms with van der Waals surface area (Å²) in [6, 6.07) is 4.67. The summed E-state index contributed by atoms with van der Waals surface area (Å²) in [5.74, 6) is 0.987. The van der Waals surface area contributed by atoms with Gasteiger partial charge in [-0.3, -0.25) is 0 Å². The van der Waals surface area contributed by atoms with Crippen LogP contribution in [0.4, 0.5) is 0 Å². The van der Waals surface area contributed by atoms with Crippen molar-refractivity contribution >= 4 is 0 Å². The van der Waals surface area contributed by atoms with E-state index in [2.05, 4.69) is 31.3 Å². The molecule has 0 aliphatic carbocycles. The monoisotopic (exact) mass is 221 g/mol. The van der Waals surface area contributed by atoms with Crippen molar-refractivity contribution in [1.82, 2.24) is 5.32 Å². The smallest absolute Gasteiger partial charge is 0.124 e. The summed E-state index contributed by atoms with van der Waals surface area (Å²) in [6.07, 6.45) is 0. The van der Waals surface area contributed by atoms with Crippen molar-refractivity contribution in [2.75, 3.05) is 26.9 Å². The topological polar surface area (TPSA) is 30.5 Å². The Labute approximate surface area is 96.8 Å². The number of nitrogens with one attached hydrogen (secondary N) is 1. The molecule has 1 saturated heterocycles. The number of morpholine rings is 1. The zero-order chi connectivity index (χ0) is 11.5. The molecule has 2 rings (SSSR count). The zero-order valence-corrected chi connectivity index (χ0v) is 10.2. The van der Waals surface area contributed by atoms with E-state index in [4.69, 9.17) is 9.47 Å². The SMILES string of the molecule is COc1c(C)cc([C@@H]2COCCN2)cc1C. The lowest BCUT2D eigenvalue weighted by molar-refractivity contribution is 0.0768. The lowest BCUT2D eigenvalue weighted by atomic mass is 10.00. The molecule has 0 aromatic heterocycles. The first-order valence-corrected chi connectivity index (χ1v) is 5.68. The molecule has 0 spiro atoms. The highest BCUT2D eigenvalue weighted by Crippen LogP contribution is 2.27. The summed E-state index contributed by atoms with van der Waals surface area (Å²) < 4.78 is 10.8. The van der Waals surface area contributed by atoms with Gasteiger partial charge in [0.25, 0.3) is 0 Å². The number of aryl methyl sites for hydroxylation is 2. The third kappa shape index (κ3) is 2.20. The van der Waals surface area contributed by atoms with Crippen molar-refractivity contribution in [3.05, 3.63) is 28.8 Å². The summed E-state index contributed by atoms with van der Waals surface area (Å²) in [6.45, 7) is 6.66. The Morgan fingerprint density at radius 1 is 1.31 bits per heavy atom. The molecule has 3 heteroatoms. The largest absolute Gasteiger partial charge is 0.496 e. The van der Waals surface area contributed by atoms with Gasteiger partial charge in [0.2, 0.25) is 0 Å². The molecule has 3 nitrogen and oxygen atoms in total. The molecule has 0 unspecified atom stereocenters. The maximum atomic E-state index is 5.48. The van der Waals surface area contributed by atoms with Gasteiger partial charge in [0.1, 0.15) is 5.75 Å². The van der Waals surface area contributed by atoms with Gasteiger partial charge in [-0.05, 0) is 30.5 Å². The summed E-state index contributed by atoms with van der Waals surface area (Å²) >= 11 is 0. The molecule has 1 N–H and O–H groups in total. The van der Waals surface area contributed by atoms with Crippen LogP contribution in [0.3, 0.4) is 0 Å². The predicted octanol–water partition coefficient (Wildman–Crippen LogP) is 1.97. The van der Waals surface area contributed by atoms with Gasteiger partial charge in [0.05, 0.1) is 26.4 Å². The maximum absolute atomic E-state index is 5.48. The molecule has 1 aliphatic rings. The molecule has 0 saturated carbocycles. The first kappa shape index (κ1) is 11.4. The minimum atomic E-state index is 0.317. The third-order valence-electron chi connectivity index (χ3n) is 3.01. The molecule has 1 aromatic rings. The molecule has 88 valence electrons. The minimum absolute atomic E-state index is 0.317. The second-order valence-electron chi connectivity index (χ2n) is 4.27. The molecule has 1 heterocycles. The zero-order valence-electron chi connectivity index (χ0n) is 10.2. The summed E-state index contributed by atoms with van der Waals surface area (Å²) in [5.41, 5.74) is 3.66. The molecule has 16 heavy (non-hydrogen) atoms. The van der Waals surface area contributed by atoms with E-state index in [9.17, 15) is 0 Å². The highest BCUT2D eigenvalue weighted by atomic mass is 16.5. The quantitative estimate of drug-likeness (QED) is 0.828. The van der Waals surface area contributed by atoms with Crippen LogP contribution >= 0.6 is 0 Å². The van der Waals surface area contributed by atoms with Gasteiger partial charge in [0.15, 0.2) is 0 Å². The Morgan fingerprint density at radius 3 is 2.50 bits per heavy atom. The van der Waals surface area contributed by atoms with Crippen LogP contribution < -0.4 is 10.1 Å². The first-order valence-electron chi connectivity index (χ1n) is 5.68. The number of hydrogen-bond acceptors (Lipinski definition) is 3. The van der Waals surface area contributed by atoms with E-state index in [1.54, 1.807) is 7.11 Å². The molecular formula is C13H19NO2. The van der Waals surface area contributed by atoms with E-state index < -0.39 is 0 Å². The molecule has 0 bridgehead atoms. The summed E-state index contributed by atoms with van der Waals surface area (Å²) in [7, 11) is 1.72. The second-order valence-corrected chi connectivity index (χ2v) is 4.27. The van der Waals surface area contributed by atoms with Crippen molar-refractivity contribution in [1.29, 1.82) is 0 Å². The Morgan fingerprint density at radius 2 is 2.00 bits per heavy atom. The van der Waals surface area contributed by atoms with Crippen LogP contribution in [0, 0.1) is 13.8 Å². The van der Waals surface area contributed by atoms with Gasteiger partial charge in [-0.1, -0.05) is 12.1 Å². The Kier molecular flexibility index (Phi) is 3.46. The van der Waals surface area contributed by atoms with E-state index in [-0.39, 0.29) is 0 Å². The molecule has 1 aromatic carbocycles. The van der Waals surface area contributed by atoms with Crippen LogP contribution in [0.25, 0.3) is 0 Å². The van der Waals surface area contributed by atoms with Gasteiger partial charge in [-0.2, -0.15) is 0 Å². The van der Waals surface area contributed by atoms with Gasteiger partial charge >= 0.3 is 0 Å². The van der Waals surface area contributed by atoms with Crippen molar-refractivity contribution in [3.8, 4) is 5.75 Å². The molecule has 1 fully saturated rings. The number of rotatable bonds is 2. The van der Waals surface area contributed by atoms with Gasteiger partial charge < -0.3 is 14.8 Å². The highest BCUT2D eigenvalue weighted by molar-refractivity contribution is 5.44. The van der Waals surface area contributed by atoms with Crippen molar-refractivity contribution < 1.29 is 9.47 Å². The third-order valence-corrected chi connectivity index (χ3v) is 3.01. The first-order chi connectivity index (χ1) is 7.72. The molecule has 0 amide bonds. The van der Waals surface area contributed by atoms with Crippen LogP contribution in [0.1, 0.15) is 22.7 Å². The van der Waals surface area contributed by atoms with Crippen molar-refractivity contribution in [2.45, 2.75) is 19.9 Å². The summed E-state index contributed by atoms with van der Waals surface area (Å²) in [5, 5.41) is 3.46. The van der Waals surface area contributed by atoms with Crippen LogP contribution in [0.5, 0.6) is 5.75 Å². The molecular weight excluding hydrogens is 202 g/mol. The van der Waals surface area contributed by atoms with E-state index in [0.29, 0.717) is 6.04 Å². The van der Waals surface area contributed by atoms with Gasteiger partial charge in [-0.15, -0.1) is 0 Å². The average molecular weight is 221 g/mol. The predicted molar refractivity (Wildman–Crippen MR) is 64.0 cm³/mol. The van der Waals surface area contributed by atoms with E-state index >= 15 is 0 Å². The fourth-order valence-electron chi connectivity index (χ4n) is 2.29. The molecule has 0 radical (unpaired) electrons. The fraction of sp³-hybridized carbons (Fsp3) is 0.538. The van der Waals surface area contributed by atoms with Crippen molar-refractivity contribution in [3.63, 3.8) is 0 Å². The highest BCUT2D eigenvalue weighted by Gasteiger charge is 2.17. The average Bonchev–Trinajstić information content (AvgIpc) is 2.30. The van der Waals surface area contributed by atoms with Crippen LogP contribution in [0.2, 0.25) is 0 Å². The Bertz CT molecular complexity index is 347. The number of hydrogen-bond donors (Lipinski definition) is 1. The maximum Gasteiger partial charge on any atom is 0.124 e. The standard InChI is InChI=1S/C13H19NO2/c1-9-6-11(7-10(2)13(9)15-3)12-8-16-5-4-14-12/h6-7,12,14H,4-5,8H2,1-3H3/t12-/m0/s1. The number of methoxy groups -OCH3 is 1.